The monoisotopic (exact) mass is 384 g/mol. The number of aromatic nitrogens is 2. The molecule has 106 valence electrons. The Morgan fingerprint density at radius 3 is 2.79 bits per heavy atom. The zero-order valence-electron chi connectivity index (χ0n) is 10.4. The van der Waals surface area contributed by atoms with Crippen molar-refractivity contribution >= 4 is 22.6 Å². The van der Waals surface area contributed by atoms with E-state index in [4.69, 9.17) is 9.47 Å². The Bertz CT molecular complexity index is 568. The molecule has 0 saturated carbocycles. The van der Waals surface area contributed by atoms with Gasteiger partial charge in [-0.1, -0.05) is 29.5 Å². The predicted octanol–water partition coefficient (Wildman–Crippen LogP) is 0.817. The summed E-state index contributed by atoms with van der Waals surface area (Å²) in [6.45, 7) is 1.67. The van der Waals surface area contributed by atoms with Gasteiger partial charge in [0, 0.05) is 25.3 Å². The van der Waals surface area contributed by atoms with Crippen molar-refractivity contribution in [3.05, 3.63) is 33.1 Å². The molecule has 1 aliphatic rings. The maximum Gasteiger partial charge on any atom is 0.330 e. The summed E-state index contributed by atoms with van der Waals surface area (Å²) < 4.78 is 26.7. The Labute approximate surface area is 122 Å². The molecule has 1 saturated heterocycles. The Morgan fingerprint density at radius 2 is 2.32 bits per heavy atom. The third kappa shape index (κ3) is 2.36. The molecule has 1 fully saturated rings. The Hall–Kier alpha value is -0.740. The highest BCUT2D eigenvalue weighted by molar-refractivity contribution is 14.1. The molecule has 6 nitrogen and oxygen atoms in total. The molecular formula is C11H14FIN2O4. The minimum atomic E-state index is -1.40. The summed E-state index contributed by atoms with van der Waals surface area (Å²) in [5, 5.41) is 0. The van der Waals surface area contributed by atoms with Crippen LogP contribution in [0.15, 0.2) is 21.9 Å². The molecular weight excluding hydrogens is 370 g/mol. The summed E-state index contributed by atoms with van der Waals surface area (Å²) in [5.41, 5.74) is -1.23. The largest absolute Gasteiger partial charge is 0.352 e. The lowest BCUT2D eigenvalue weighted by Crippen LogP contribution is -2.39. The highest BCUT2D eigenvalue weighted by atomic mass is 127. The predicted molar refractivity (Wildman–Crippen MR) is 74.1 cm³/mol. The van der Waals surface area contributed by atoms with E-state index in [1.54, 1.807) is 6.92 Å². The van der Waals surface area contributed by atoms with Crippen molar-refractivity contribution in [1.82, 2.24) is 9.55 Å². The SMILES string of the molecule is CO[C@]1(CI)O[C@@H](n2ccc(=O)[nH]c2=O)[C@H](F)[C@@H]1C. The minimum absolute atomic E-state index is 0.428. The fourth-order valence-electron chi connectivity index (χ4n) is 2.15. The second-order valence-corrected chi connectivity index (χ2v) is 5.17. The van der Waals surface area contributed by atoms with E-state index in [2.05, 4.69) is 4.98 Å². The molecule has 1 aromatic heterocycles. The van der Waals surface area contributed by atoms with E-state index in [0.717, 1.165) is 10.6 Å². The van der Waals surface area contributed by atoms with Crippen LogP contribution in [-0.4, -0.2) is 33.0 Å². The first-order valence-corrected chi connectivity index (χ1v) is 7.22. The molecule has 0 unspecified atom stereocenters. The first kappa shape index (κ1) is 14.7. The van der Waals surface area contributed by atoms with E-state index < -0.39 is 35.4 Å². The maximum atomic E-state index is 14.4. The van der Waals surface area contributed by atoms with Gasteiger partial charge in [0.2, 0.25) is 0 Å². The number of aromatic amines is 1. The molecule has 0 aliphatic carbocycles. The van der Waals surface area contributed by atoms with Gasteiger partial charge in [0.15, 0.2) is 18.2 Å². The number of halogens is 2. The van der Waals surface area contributed by atoms with Crippen LogP contribution in [0.2, 0.25) is 0 Å². The Kier molecular flexibility index (Phi) is 4.11. The van der Waals surface area contributed by atoms with Crippen LogP contribution in [0, 0.1) is 5.92 Å². The van der Waals surface area contributed by atoms with Gasteiger partial charge >= 0.3 is 5.69 Å². The fourth-order valence-corrected chi connectivity index (χ4v) is 3.33. The summed E-state index contributed by atoms with van der Waals surface area (Å²) in [6.07, 6.45) is -1.28. The number of nitrogens with one attached hydrogen (secondary N) is 1. The molecule has 0 bridgehead atoms. The molecule has 0 spiro atoms. The van der Waals surface area contributed by atoms with Gasteiger partial charge in [0.05, 0.1) is 4.43 Å². The smallest absolute Gasteiger partial charge is 0.330 e. The first-order chi connectivity index (χ1) is 8.95. The second-order valence-electron chi connectivity index (χ2n) is 4.41. The van der Waals surface area contributed by atoms with Crippen molar-refractivity contribution in [3.8, 4) is 0 Å². The van der Waals surface area contributed by atoms with E-state index >= 15 is 0 Å². The highest BCUT2D eigenvalue weighted by Gasteiger charge is 2.54. The zero-order valence-corrected chi connectivity index (χ0v) is 12.6. The van der Waals surface area contributed by atoms with Crippen molar-refractivity contribution in [1.29, 1.82) is 0 Å². The molecule has 1 N–H and O–H groups in total. The summed E-state index contributed by atoms with van der Waals surface area (Å²) in [4.78, 5) is 24.8. The van der Waals surface area contributed by atoms with Gasteiger partial charge in [-0.3, -0.25) is 14.3 Å². The lowest BCUT2D eigenvalue weighted by atomic mass is 9.99. The van der Waals surface area contributed by atoms with Crippen LogP contribution in [0.3, 0.4) is 0 Å². The lowest BCUT2D eigenvalue weighted by molar-refractivity contribution is -0.223. The first-order valence-electron chi connectivity index (χ1n) is 5.69. The van der Waals surface area contributed by atoms with Gasteiger partial charge in [-0.15, -0.1) is 0 Å². The molecule has 2 heterocycles. The Morgan fingerprint density at radius 1 is 1.63 bits per heavy atom. The molecule has 19 heavy (non-hydrogen) atoms. The third-order valence-corrected chi connectivity index (χ3v) is 4.48. The third-order valence-electron chi connectivity index (χ3n) is 3.42. The van der Waals surface area contributed by atoms with Crippen molar-refractivity contribution in [3.63, 3.8) is 0 Å². The number of ether oxygens (including phenoxy) is 2. The van der Waals surface area contributed by atoms with Gasteiger partial charge in [0.1, 0.15) is 0 Å². The fraction of sp³-hybridized carbons (Fsp3) is 0.636. The van der Waals surface area contributed by atoms with E-state index in [-0.39, 0.29) is 0 Å². The van der Waals surface area contributed by atoms with Crippen molar-refractivity contribution < 1.29 is 13.9 Å². The average Bonchev–Trinajstić information content (AvgIpc) is 2.64. The molecule has 0 amide bonds. The van der Waals surface area contributed by atoms with E-state index in [1.165, 1.54) is 13.3 Å². The average molecular weight is 384 g/mol. The van der Waals surface area contributed by atoms with Gasteiger partial charge in [0.25, 0.3) is 5.56 Å². The Balaban J connectivity index is 2.42. The number of H-pyrrole nitrogens is 1. The van der Waals surface area contributed by atoms with Gasteiger partial charge in [-0.05, 0) is 0 Å². The standard InChI is InChI=1S/C11H14FIN2O4/c1-6-8(12)9(19-11(6,5-13)18-2)15-4-3-7(16)14-10(15)17/h3-4,6,8-9H,5H2,1-2H3,(H,14,16,17)/t6-,8+,9+,11+/m0/s1. The topological polar surface area (TPSA) is 73.3 Å². The van der Waals surface area contributed by atoms with E-state index in [9.17, 15) is 14.0 Å². The van der Waals surface area contributed by atoms with Crippen molar-refractivity contribution in [2.24, 2.45) is 5.92 Å². The van der Waals surface area contributed by atoms with Crippen LogP contribution in [0.25, 0.3) is 0 Å². The van der Waals surface area contributed by atoms with Crippen LogP contribution in [-0.2, 0) is 9.47 Å². The van der Waals surface area contributed by atoms with Crippen LogP contribution in [0.4, 0.5) is 4.39 Å². The molecule has 0 aromatic carbocycles. The molecule has 0 radical (unpaired) electrons. The minimum Gasteiger partial charge on any atom is -0.352 e. The number of hydrogen-bond acceptors (Lipinski definition) is 4. The molecule has 8 heteroatoms. The summed E-state index contributed by atoms with van der Waals surface area (Å²) in [7, 11) is 1.44. The second kappa shape index (κ2) is 5.33. The van der Waals surface area contributed by atoms with Crippen LogP contribution in [0.1, 0.15) is 13.2 Å². The summed E-state index contributed by atoms with van der Waals surface area (Å²) in [6, 6.07) is 1.15. The normalized spacial score (nSPS) is 34.6. The van der Waals surface area contributed by atoms with Crippen molar-refractivity contribution in [2.75, 3.05) is 11.5 Å². The zero-order chi connectivity index (χ0) is 14.2. The van der Waals surface area contributed by atoms with Crippen LogP contribution in [0.5, 0.6) is 0 Å². The number of alkyl halides is 2. The van der Waals surface area contributed by atoms with Gasteiger partial charge in [-0.25, -0.2) is 9.18 Å². The molecule has 4 atom stereocenters. The summed E-state index contributed by atoms with van der Waals surface area (Å²) in [5.74, 6) is -1.60. The van der Waals surface area contributed by atoms with Crippen molar-refractivity contribution in [2.45, 2.75) is 25.1 Å². The van der Waals surface area contributed by atoms with Crippen LogP contribution < -0.4 is 11.2 Å². The quantitative estimate of drug-likeness (QED) is 0.619. The van der Waals surface area contributed by atoms with Gasteiger partial charge < -0.3 is 9.47 Å². The molecule has 1 aliphatic heterocycles. The van der Waals surface area contributed by atoms with Gasteiger partial charge in [-0.2, -0.15) is 0 Å². The number of hydrogen-bond donors (Lipinski definition) is 1. The molecule has 1 aromatic rings. The lowest BCUT2D eigenvalue weighted by Gasteiger charge is -2.28. The number of rotatable bonds is 3. The maximum absolute atomic E-state index is 14.4. The number of nitrogens with zero attached hydrogens (tertiary/aromatic N) is 1. The van der Waals surface area contributed by atoms with Crippen LogP contribution >= 0.6 is 22.6 Å². The molecule has 2 rings (SSSR count). The highest BCUT2D eigenvalue weighted by Crippen LogP contribution is 2.44. The van der Waals surface area contributed by atoms with E-state index in [0.29, 0.717) is 4.43 Å². The summed E-state index contributed by atoms with van der Waals surface area (Å²) >= 11 is 2.05. The number of methoxy groups -OCH3 is 1. The van der Waals surface area contributed by atoms with E-state index in [1.807, 2.05) is 22.6 Å².